The van der Waals surface area contributed by atoms with Crippen LogP contribution < -0.4 is 5.32 Å². The highest BCUT2D eigenvalue weighted by atomic mass is 19.4. The second-order valence-corrected chi connectivity index (χ2v) is 9.18. The Morgan fingerprint density at radius 2 is 1.54 bits per heavy atom. The molecule has 4 heterocycles. The van der Waals surface area contributed by atoms with Crippen LogP contribution in [-0.2, 0) is 29.1 Å². The number of carbonyl (C=O) groups is 3. The first-order chi connectivity index (χ1) is 18.1. The normalized spacial score (nSPS) is 20.4. The van der Waals surface area contributed by atoms with Crippen LogP contribution in [0.5, 0.6) is 0 Å². The third-order valence-corrected chi connectivity index (χ3v) is 6.07. The number of pyridine rings is 1. The fourth-order valence-electron chi connectivity index (χ4n) is 4.15. The Bertz CT molecular complexity index is 1140. The molecule has 2 unspecified atom stereocenters. The number of hydrogen-bond donors (Lipinski definition) is 3. The maximum absolute atomic E-state index is 12.4. The highest BCUT2D eigenvalue weighted by molar-refractivity contribution is 5.91. The molecule has 1 saturated carbocycles. The summed E-state index contributed by atoms with van der Waals surface area (Å²) in [5.41, 5.74) is 1.25. The number of carbonyl (C=O) groups excluding carboxylic acids is 1. The Hall–Kier alpha value is -3.76. The number of nitrogens with one attached hydrogen (secondary N) is 1. The number of alkyl halides is 6. The molecule has 3 aliphatic rings. The molecule has 214 valence electrons. The maximum Gasteiger partial charge on any atom is 0.490 e. The van der Waals surface area contributed by atoms with E-state index in [2.05, 4.69) is 31.5 Å². The van der Waals surface area contributed by atoms with Gasteiger partial charge in [-0.3, -0.25) is 14.7 Å². The summed E-state index contributed by atoms with van der Waals surface area (Å²) in [5, 5.41) is 25.7. The maximum atomic E-state index is 12.4. The molecular weight excluding hydrogens is 542 g/mol. The Labute approximate surface area is 216 Å². The van der Waals surface area contributed by atoms with Gasteiger partial charge in [0.15, 0.2) is 0 Å². The number of likely N-dealkylation sites (tertiary alicyclic amines) is 1. The van der Waals surface area contributed by atoms with Gasteiger partial charge >= 0.3 is 24.3 Å². The molecule has 39 heavy (non-hydrogen) atoms. The van der Waals surface area contributed by atoms with Gasteiger partial charge in [-0.05, 0) is 36.3 Å². The lowest BCUT2D eigenvalue weighted by atomic mass is 9.89. The van der Waals surface area contributed by atoms with E-state index in [1.54, 1.807) is 0 Å². The predicted octanol–water partition coefficient (Wildman–Crippen LogP) is 2.14. The average molecular weight is 566 g/mol. The first kappa shape index (κ1) is 29.8. The van der Waals surface area contributed by atoms with Crippen LogP contribution in [0.4, 0.5) is 26.3 Å². The van der Waals surface area contributed by atoms with Crippen molar-refractivity contribution in [1.82, 2.24) is 30.0 Å². The summed E-state index contributed by atoms with van der Waals surface area (Å²) in [6.07, 6.45) is -3.33. The number of hydrogen-bond acceptors (Lipinski definition) is 7. The highest BCUT2D eigenvalue weighted by Crippen LogP contribution is 2.33. The fourth-order valence-corrected chi connectivity index (χ4v) is 4.15. The smallest absolute Gasteiger partial charge is 0.475 e. The van der Waals surface area contributed by atoms with Crippen molar-refractivity contribution < 1.29 is 50.9 Å². The van der Waals surface area contributed by atoms with Crippen LogP contribution >= 0.6 is 0 Å². The zero-order valence-corrected chi connectivity index (χ0v) is 20.1. The third-order valence-electron chi connectivity index (χ3n) is 6.07. The van der Waals surface area contributed by atoms with Crippen molar-refractivity contribution in [2.45, 2.75) is 50.7 Å². The monoisotopic (exact) mass is 566 g/mol. The van der Waals surface area contributed by atoms with Gasteiger partial charge < -0.3 is 20.1 Å². The molecule has 2 atom stereocenters. The number of amides is 1. The van der Waals surface area contributed by atoms with E-state index < -0.39 is 24.3 Å². The number of rotatable bonds is 4. The minimum absolute atomic E-state index is 0.0649. The quantitative estimate of drug-likeness (QED) is 0.473. The minimum atomic E-state index is -5.08. The van der Waals surface area contributed by atoms with Gasteiger partial charge in [-0.15, -0.1) is 10.2 Å². The summed E-state index contributed by atoms with van der Waals surface area (Å²) in [6, 6.07) is 4.47. The van der Waals surface area contributed by atoms with Crippen LogP contribution in [0.2, 0.25) is 0 Å². The van der Waals surface area contributed by atoms with Crippen molar-refractivity contribution in [2.24, 2.45) is 11.8 Å². The van der Waals surface area contributed by atoms with E-state index >= 15 is 0 Å². The van der Waals surface area contributed by atoms with Crippen molar-refractivity contribution in [2.75, 3.05) is 13.1 Å². The van der Waals surface area contributed by atoms with Gasteiger partial charge in [0.05, 0.1) is 0 Å². The van der Waals surface area contributed by atoms with E-state index in [-0.39, 0.29) is 5.91 Å². The summed E-state index contributed by atoms with van der Waals surface area (Å²) < 4.78 is 65.5. The first-order valence-electron chi connectivity index (χ1n) is 11.6. The van der Waals surface area contributed by atoms with E-state index in [0.717, 1.165) is 51.3 Å². The molecule has 11 nitrogen and oxygen atoms in total. The van der Waals surface area contributed by atoms with Gasteiger partial charge in [-0.2, -0.15) is 26.3 Å². The Morgan fingerprint density at radius 3 is 2.05 bits per heavy atom. The number of carboxylic acid groups (broad SMARTS) is 2. The second kappa shape index (κ2) is 12.0. The fraction of sp³-hybridized carbons (Fsp3) is 0.545. The Balaban J connectivity index is 0.000000251. The SMILES string of the molecule is O=C(NC1CC1)c1nnc2n1CC1CN(Cc3cccnc3)CC1C2.O=C(O)C(F)(F)F.O=C(O)C(F)(F)F. The summed E-state index contributed by atoms with van der Waals surface area (Å²) in [7, 11) is 0. The zero-order chi connectivity index (χ0) is 29.0. The molecule has 2 fully saturated rings. The molecule has 2 aromatic heterocycles. The summed E-state index contributed by atoms with van der Waals surface area (Å²) in [5.74, 6) is -2.96. The van der Waals surface area contributed by atoms with Crippen molar-refractivity contribution in [3.63, 3.8) is 0 Å². The Morgan fingerprint density at radius 1 is 0.949 bits per heavy atom. The number of carboxylic acids is 2. The highest BCUT2D eigenvalue weighted by Gasteiger charge is 2.40. The molecular formula is C22H24F6N6O5. The number of aromatic nitrogens is 4. The van der Waals surface area contributed by atoms with Crippen molar-refractivity contribution in [1.29, 1.82) is 0 Å². The van der Waals surface area contributed by atoms with E-state index in [9.17, 15) is 31.1 Å². The molecule has 3 N–H and O–H groups in total. The van der Waals surface area contributed by atoms with Gasteiger partial charge in [0.2, 0.25) is 5.82 Å². The van der Waals surface area contributed by atoms with Gasteiger partial charge in [0.25, 0.3) is 5.91 Å². The molecule has 2 aliphatic heterocycles. The summed E-state index contributed by atoms with van der Waals surface area (Å²) in [4.78, 5) is 36.9. The molecule has 1 aliphatic carbocycles. The van der Waals surface area contributed by atoms with Crippen LogP contribution in [0, 0.1) is 11.8 Å². The molecule has 0 aromatic carbocycles. The lowest BCUT2D eigenvalue weighted by Gasteiger charge is -2.25. The molecule has 17 heteroatoms. The zero-order valence-electron chi connectivity index (χ0n) is 20.1. The number of fused-ring (bicyclic) bond motifs is 2. The van der Waals surface area contributed by atoms with Crippen LogP contribution in [0.25, 0.3) is 0 Å². The van der Waals surface area contributed by atoms with Crippen LogP contribution in [0.1, 0.15) is 34.8 Å². The predicted molar refractivity (Wildman–Crippen MR) is 118 cm³/mol. The number of aliphatic carboxylic acids is 2. The van der Waals surface area contributed by atoms with Crippen LogP contribution in [0.15, 0.2) is 24.5 Å². The number of halogens is 6. The lowest BCUT2D eigenvalue weighted by Crippen LogP contribution is -2.33. The largest absolute Gasteiger partial charge is 0.490 e. The Kier molecular flexibility index (Phi) is 9.14. The van der Waals surface area contributed by atoms with E-state index in [1.807, 2.05) is 23.0 Å². The van der Waals surface area contributed by atoms with E-state index in [4.69, 9.17) is 19.8 Å². The standard InChI is InChI=1S/C18H22N6O.2C2HF3O2/c25-18(20-15-3-4-15)17-22-21-16-6-13-9-23(10-14(13)11-24(16)17)8-12-2-1-5-19-7-12;2*3-2(4,5)1(6)7/h1-2,5,7,13-15H,3-4,6,8-11H2,(H,20,25);2*(H,6,7). The van der Waals surface area contributed by atoms with Crippen molar-refractivity contribution in [3.8, 4) is 0 Å². The minimum Gasteiger partial charge on any atom is -0.475 e. The summed E-state index contributed by atoms with van der Waals surface area (Å²) >= 11 is 0. The van der Waals surface area contributed by atoms with Crippen molar-refractivity contribution in [3.05, 3.63) is 41.7 Å². The van der Waals surface area contributed by atoms with Gasteiger partial charge in [0, 0.05) is 51.0 Å². The topological polar surface area (TPSA) is 151 Å². The molecule has 0 spiro atoms. The molecule has 1 amide bonds. The molecule has 2 aromatic rings. The lowest BCUT2D eigenvalue weighted by molar-refractivity contribution is -0.193. The number of nitrogens with zero attached hydrogens (tertiary/aromatic N) is 5. The average Bonchev–Trinajstić information content (AvgIpc) is 3.42. The van der Waals surface area contributed by atoms with E-state index in [1.165, 1.54) is 5.56 Å². The third kappa shape index (κ3) is 8.62. The van der Waals surface area contributed by atoms with Crippen LogP contribution in [0.3, 0.4) is 0 Å². The van der Waals surface area contributed by atoms with Gasteiger partial charge in [-0.1, -0.05) is 6.07 Å². The molecule has 0 bridgehead atoms. The van der Waals surface area contributed by atoms with Crippen LogP contribution in [-0.4, -0.2) is 84.2 Å². The molecule has 0 radical (unpaired) electrons. The molecule has 5 rings (SSSR count). The second-order valence-electron chi connectivity index (χ2n) is 9.18. The first-order valence-corrected chi connectivity index (χ1v) is 11.6. The molecule has 1 saturated heterocycles. The van der Waals surface area contributed by atoms with E-state index in [0.29, 0.717) is 23.7 Å². The van der Waals surface area contributed by atoms with Gasteiger partial charge in [-0.25, -0.2) is 9.59 Å². The summed E-state index contributed by atoms with van der Waals surface area (Å²) in [6.45, 7) is 3.93. The van der Waals surface area contributed by atoms with Crippen molar-refractivity contribution >= 4 is 17.8 Å². The van der Waals surface area contributed by atoms with Gasteiger partial charge in [0.1, 0.15) is 5.82 Å².